The van der Waals surface area contributed by atoms with Crippen molar-refractivity contribution in [3.05, 3.63) is 48.0 Å². The molecular formula is C16H18N2OS. The Morgan fingerprint density at radius 3 is 2.80 bits per heavy atom. The Labute approximate surface area is 122 Å². The highest BCUT2D eigenvalue weighted by Crippen LogP contribution is 2.33. The second-order valence-electron chi connectivity index (χ2n) is 5.09. The van der Waals surface area contributed by atoms with Gasteiger partial charge in [0, 0.05) is 12.6 Å². The SMILES string of the molecule is NC[C@@H]1CCS[C@H](c2ccc3ccccc3c2)C(=O)N1. The molecule has 1 fully saturated rings. The first-order valence-corrected chi connectivity index (χ1v) is 7.93. The third-order valence-corrected chi connectivity index (χ3v) is 4.99. The van der Waals surface area contributed by atoms with Crippen LogP contribution in [0.3, 0.4) is 0 Å². The zero-order chi connectivity index (χ0) is 13.9. The second kappa shape index (κ2) is 5.85. The van der Waals surface area contributed by atoms with E-state index in [9.17, 15) is 4.79 Å². The fraction of sp³-hybridized carbons (Fsp3) is 0.312. The van der Waals surface area contributed by atoms with Gasteiger partial charge in [-0.2, -0.15) is 0 Å². The van der Waals surface area contributed by atoms with Gasteiger partial charge in [-0.25, -0.2) is 0 Å². The fourth-order valence-electron chi connectivity index (χ4n) is 2.55. The first-order chi connectivity index (χ1) is 9.78. The zero-order valence-corrected chi connectivity index (χ0v) is 12.0. The van der Waals surface area contributed by atoms with Gasteiger partial charge in [0.15, 0.2) is 0 Å². The van der Waals surface area contributed by atoms with Gasteiger partial charge in [-0.15, -0.1) is 11.8 Å². The number of fused-ring (bicyclic) bond motifs is 1. The largest absolute Gasteiger partial charge is 0.351 e. The van der Waals surface area contributed by atoms with E-state index in [4.69, 9.17) is 5.73 Å². The van der Waals surface area contributed by atoms with Crippen LogP contribution < -0.4 is 11.1 Å². The molecular weight excluding hydrogens is 268 g/mol. The molecule has 0 aromatic heterocycles. The summed E-state index contributed by atoms with van der Waals surface area (Å²) in [4.78, 5) is 12.3. The number of hydrogen-bond donors (Lipinski definition) is 2. The van der Waals surface area contributed by atoms with E-state index in [1.54, 1.807) is 11.8 Å². The normalized spacial score (nSPS) is 23.4. The molecule has 1 amide bonds. The number of thioether (sulfide) groups is 1. The molecule has 0 saturated carbocycles. The summed E-state index contributed by atoms with van der Waals surface area (Å²) in [6.45, 7) is 0.511. The summed E-state index contributed by atoms with van der Waals surface area (Å²) in [6, 6.07) is 14.6. The molecule has 3 N–H and O–H groups in total. The van der Waals surface area contributed by atoms with Crippen molar-refractivity contribution in [1.29, 1.82) is 0 Å². The smallest absolute Gasteiger partial charge is 0.237 e. The minimum absolute atomic E-state index is 0.0817. The molecule has 0 unspecified atom stereocenters. The molecule has 3 nitrogen and oxygen atoms in total. The Kier molecular flexibility index (Phi) is 3.94. The number of amides is 1. The van der Waals surface area contributed by atoms with Gasteiger partial charge in [-0.3, -0.25) is 4.79 Å². The molecule has 3 rings (SSSR count). The lowest BCUT2D eigenvalue weighted by Gasteiger charge is -2.16. The summed E-state index contributed by atoms with van der Waals surface area (Å²) in [5.74, 6) is 1.04. The molecule has 2 atom stereocenters. The van der Waals surface area contributed by atoms with Crippen molar-refractivity contribution in [1.82, 2.24) is 5.32 Å². The van der Waals surface area contributed by atoms with E-state index >= 15 is 0 Å². The Bertz CT molecular complexity index is 629. The second-order valence-corrected chi connectivity index (χ2v) is 6.30. The Morgan fingerprint density at radius 2 is 2.00 bits per heavy atom. The van der Waals surface area contributed by atoms with Gasteiger partial charge in [0.1, 0.15) is 5.25 Å². The number of nitrogens with two attached hydrogens (primary N) is 1. The lowest BCUT2D eigenvalue weighted by molar-refractivity contribution is -0.121. The molecule has 0 aliphatic carbocycles. The van der Waals surface area contributed by atoms with E-state index in [1.807, 2.05) is 12.1 Å². The minimum atomic E-state index is -0.129. The number of hydrogen-bond acceptors (Lipinski definition) is 3. The van der Waals surface area contributed by atoms with Crippen molar-refractivity contribution in [3.63, 3.8) is 0 Å². The predicted molar refractivity (Wildman–Crippen MR) is 84.7 cm³/mol. The lowest BCUT2D eigenvalue weighted by atomic mass is 10.0. The Balaban J connectivity index is 1.91. The molecule has 0 bridgehead atoms. The summed E-state index contributed by atoms with van der Waals surface area (Å²) < 4.78 is 0. The summed E-state index contributed by atoms with van der Waals surface area (Å²) in [6.07, 6.45) is 0.941. The summed E-state index contributed by atoms with van der Waals surface area (Å²) in [5, 5.41) is 5.29. The maximum Gasteiger partial charge on any atom is 0.237 e. The van der Waals surface area contributed by atoms with Crippen LogP contribution in [-0.2, 0) is 4.79 Å². The maximum absolute atomic E-state index is 12.3. The number of rotatable bonds is 2. The van der Waals surface area contributed by atoms with Gasteiger partial charge in [-0.05, 0) is 34.6 Å². The molecule has 2 aromatic carbocycles. The summed E-state index contributed by atoms with van der Waals surface area (Å²) in [7, 11) is 0. The first-order valence-electron chi connectivity index (χ1n) is 6.88. The molecule has 4 heteroatoms. The van der Waals surface area contributed by atoms with Crippen LogP contribution in [0, 0.1) is 0 Å². The van der Waals surface area contributed by atoms with Crippen LogP contribution in [0.15, 0.2) is 42.5 Å². The van der Waals surface area contributed by atoms with Gasteiger partial charge in [-0.1, -0.05) is 36.4 Å². The van der Waals surface area contributed by atoms with Crippen LogP contribution in [0.4, 0.5) is 0 Å². The van der Waals surface area contributed by atoms with Crippen molar-refractivity contribution < 1.29 is 4.79 Å². The summed E-state index contributed by atoms with van der Waals surface area (Å²) >= 11 is 1.71. The standard InChI is InChI=1S/C16H18N2OS/c17-10-14-7-8-20-15(16(19)18-14)13-6-5-11-3-1-2-4-12(11)9-13/h1-6,9,14-15H,7-8,10,17H2,(H,18,19)/t14-,15+/m0/s1. The molecule has 1 aliphatic rings. The quantitative estimate of drug-likeness (QED) is 0.891. The zero-order valence-electron chi connectivity index (χ0n) is 11.2. The third kappa shape index (κ3) is 2.67. The first kappa shape index (κ1) is 13.5. The van der Waals surface area contributed by atoms with E-state index in [0.717, 1.165) is 17.7 Å². The predicted octanol–water partition coefficient (Wildman–Crippen LogP) is 2.46. The van der Waals surface area contributed by atoms with Crippen LogP contribution in [0.5, 0.6) is 0 Å². The molecule has 0 radical (unpaired) electrons. The van der Waals surface area contributed by atoms with E-state index < -0.39 is 0 Å². The number of benzene rings is 2. The van der Waals surface area contributed by atoms with Crippen molar-refractivity contribution in [2.24, 2.45) is 5.73 Å². The highest BCUT2D eigenvalue weighted by Gasteiger charge is 2.26. The van der Waals surface area contributed by atoms with Crippen molar-refractivity contribution in [2.75, 3.05) is 12.3 Å². The number of carbonyl (C=O) groups excluding carboxylic acids is 1. The fourth-order valence-corrected chi connectivity index (χ4v) is 3.76. The van der Waals surface area contributed by atoms with Crippen LogP contribution in [0.2, 0.25) is 0 Å². The molecule has 104 valence electrons. The molecule has 20 heavy (non-hydrogen) atoms. The van der Waals surface area contributed by atoms with Gasteiger partial charge < -0.3 is 11.1 Å². The van der Waals surface area contributed by atoms with Crippen LogP contribution in [0.1, 0.15) is 17.2 Å². The van der Waals surface area contributed by atoms with Crippen molar-refractivity contribution >= 4 is 28.4 Å². The highest BCUT2D eigenvalue weighted by atomic mass is 32.2. The lowest BCUT2D eigenvalue weighted by Crippen LogP contribution is -2.40. The van der Waals surface area contributed by atoms with Crippen LogP contribution in [0.25, 0.3) is 10.8 Å². The molecule has 1 aliphatic heterocycles. The van der Waals surface area contributed by atoms with E-state index in [0.29, 0.717) is 6.54 Å². The molecule has 2 aromatic rings. The van der Waals surface area contributed by atoms with Crippen molar-refractivity contribution in [2.45, 2.75) is 17.7 Å². The van der Waals surface area contributed by atoms with Crippen LogP contribution >= 0.6 is 11.8 Å². The number of nitrogens with one attached hydrogen (secondary N) is 1. The van der Waals surface area contributed by atoms with Gasteiger partial charge >= 0.3 is 0 Å². The van der Waals surface area contributed by atoms with Gasteiger partial charge in [0.2, 0.25) is 5.91 Å². The topological polar surface area (TPSA) is 55.1 Å². The molecule has 1 heterocycles. The number of carbonyl (C=O) groups is 1. The van der Waals surface area contributed by atoms with Gasteiger partial charge in [0.25, 0.3) is 0 Å². The average molecular weight is 286 g/mol. The highest BCUT2D eigenvalue weighted by molar-refractivity contribution is 8.00. The van der Waals surface area contributed by atoms with E-state index in [-0.39, 0.29) is 17.2 Å². The Hall–Kier alpha value is -1.52. The third-order valence-electron chi connectivity index (χ3n) is 3.70. The maximum atomic E-state index is 12.3. The van der Waals surface area contributed by atoms with Gasteiger partial charge in [0.05, 0.1) is 0 Å². The molecule has 1 saturated heterocycles. The summed E-state index contributed by atoms with van der Waals surface area (Å²) in [5.41, 5.74) is 6.74. The monoisotopic (exact) mass is 286 g/mol. The van der Waals surface area contributed by atoms with E-state index in [2.05, 4.69) is 35.6 Å². The molecule has 0 spiro atoms. The van der Waals surface area contributed by atoms with Crippen molar-refractivity contribution in [3.8, 4) is 0 Å². The van der Waals surface area contributed by atoms with Crippen LogP contribution in [-0.4, -0.2) is 24.2 Å². The Morgan fingerprint density at radius 1 is 1.20 bits per heavy atom. The minimum Gasteiger partial charge on any atom is -0.351 e. The average Bonchev–Trinajstić information content (AvgIpc) is 2.68. The van der Waals surface area contributed by atoms with E-state index in [1.165, 1.54) is 10.8 Å².